The predicted octanol–water partition coefficient (Wildman–Crippen LogP) is 4.81. The second-order valence-corrected chi connectivity index (χ2v) is 8.28. The molecule has 0 radical (unpaired) electrons. The summed E-state index contributed by atoms with van der Waals surface area (Å²) in [6.07, 6.45) is 1.81. The van der Waals surface area contributed by atoms with Crippen LogP contribution < -0.4 is 19.5 Å². The molecule has 0 aromatic heterocycles. The van der Waals surface area contributed by atoms with Crippen LogP contribution in [0.5, 0.6) is 17.2 Å². The number of hydrogen-bond acceptors (Lipinski definition) is 5. The molecule has 1 aliphatic heterocycles. The number of ketones is 1. The van der Waals surface area contributed by atoms with Crippen molar-refractivity contribution in [3.05, 3.63) is 71.3 Å². The lowest BCUT2D eigenvalue weighted by molar-refractivity contribution is -0.112. The first-order valence-electron chi connectivity index (χ1n) is 10.2. The number of ether oxygens (including phenoxy) is 3. The molecule has 0 saturated carbocycles. The smallest absolute Gasteiger partial charge is 0.203 e. The molecule has 1 saturated heterocycles. The van der Waals surface area contributed by atoms with E-state index >= 15 is 0 Å². The van der Waals surface area contributed by atoms with Crippen LogP contribution in [0.15, 0.2) is 60.2 Å². The van der Waals surface area contributed by atoms with Gasteiger partial charge in [0.15, 0.2) is 17.3 Å². The molecule has 1 N–H and O–H groups in total. The van der Waals surface area contributed by atoms with E-state index in [2.05, 4.69) is 63.0 Å². The van der Waals surface area contributed by atoms with Crippen LogP contribution >= 0.6 is 0 Å². The van der Waals surface area contributed by atoms with Gasteiger partial charge in [0.2, 0.25) is 5.75 Å². The van der Waals surface area contributed by atoms with Gasteiger partial charge in [-0.3, -0.25) is 4.79 Å². The Labute approximate surface area is 185 Å². The summed E-state index contributed by atoms with van der Waals surface area (Å²) in [7, 11) is 4.67. The minimum Gasteiger partial charge on any atom is -0.493 e. The zero-order chi connectivity index (χ0) is 23.0. The molecule has 0 bridgehead atoms. The van der Waals surface area contributed by atoms with Gasteiger partial charge in [-0.15, -0.1) is 0 Å². The SMILES string of the molecule is C=C1CNCC(=Cc2cc(OC)c(OC)c(OC)c2)C1=O.CC(C)(C)c1ccccc1. The van der Waals surface area contributed by atoms with Gasteiger partial charge < -0.3 is 19.5 Å². The Balaban J connectivity index is 0.000000285. The number of methoxy groups -OCH3 is 3. The standard InChI is InChI=1S/C16H19NO4.C10H14/c1-10-8-17-9-12(15(10)18)5-11-6-13(19-2)16(21-4)14(7-11)20-3;1-10(2,3)9-7-5-4-6-8-9/h5-7,17H,1,8-9H2,2-4H3;4-8H,1-3H3. The summed E-state index contributed by atoms with van der Waals surface area (Å²) >= 11 is 0. The molecule has 0 spiro atoms. The number of carbonyl (C=O) groups is 1. The number of carbonyl (C=O) groups excluding carboxylic acids is 1. The van der Waals surface area contributed by atoms with Crippen molar-refractivity contribution in [1.29, 1.82) is 0 Å². The first kappa shape index (κ1) is 24.2. The summed E-state index contributed by atoms with van der Waals surface area (Å²) in [5, 5.41) is 3.14. The molecule has 1 fully saturated rings. The summed E-state index contributed by atoms with van der Waals surface area (Å²) < 4.78 is 15.9. The number of piperidine rings is 1. The Morgan fingerprint density at radius 3 is 1.97 bits per heavy atom. The summed E-state index contributed by atoms with van der Waals surface area (Å²) in [5.74, 6) is 1.62. The molecular weight excluding hydrogens is 390 g/mol. The van der Waals surface area contributed by atoms with Crippen molar-refractivity contribution >= 4 is 11.9 Å². The third kappa shape index (κ3) is 6.46. The second-order valence-electron chi connectivity index (χ2n) is 8.28. The van der Waals surface area contributed by atoms with E-state index in [0.717, 1.165) is 5.56 Å². The lowest BCUT2D eigenvalue weighted by Crippen LogP contribution is -2.32. The molecule has 2 aromatic carbocycles. The third-order valence-electron chi connectivity index (χ3n) is 4.93. The molecule has 5 nitrogen and oxygen atoms in total. The van der Waals surface area contributed by atoms with Gasteiger partial charge in [0.05, 0.1) is 21.3 Å². The average molecular weight is 424 g/mol. The van der Waals surface area contributed by atoms with Gasteiger partial charge in [-0.05, 0) is 34.8 Å². The van der Waals surface area contributed by atoms with Gasteiger partial charge in [-0.25, -0.2) is 0 Å². The molecule has 0 aliphatic carbocycles. The number of nitrogens with one attached hydrogen (secondary N) is 1. The lowest BCUT2D eigenvalue weighted by atomic mass is 9.87. The molecule has 166 valence electrons. The number of benzene rings is 2. The normalized spacial score (nSPS) is 15.2. The van der Waals surface area contributed by atoms with Gasteiger partial charge >= 0.3 is 0 Å². The Hall–Kier alpha value is -3.05. The molecule has 2 aromatic rings. The predicted molar refractivity (Wildman–Crippen MR) is 126 cm³/mol. The fourth-order valence-corrected chi connectivity index (χ4v) is 3.18. The Morgan fingerprint density at radius 1 is 0.935 bits per heavy atom. The van der Waals surface area contributed by atoms with E-state index < -0.39 is 0 Å². The topological polar surface area (TPSA) is 56.8 Å². The Morgan fingerprint density at radius 2 is 1.52 bits per heavy atom. The molecule has 1 heterocycles. The van der Waals surface area contributed by atoms with Crippen LogP contribution in [0.3, 0.4) is 0 Å². The molecule has 0 unspecified atom stereocenters. The molecule has 5 heteroatoms. The van der Waals surface area contributed by atoms with Gasteiger partial charge in [-0.2, -0.15) is 0 Å². The van der Waals surface area contributed by atoms with E-state index in [1.165, 1.54) is 5.56 Å². The lowest BCUT2D eigenvalue weighted by Gasteiger charge is -2.18. The van der Waals surface area contributed by atoms with Crippen LogP contribution in [0.1, 0.15) is 31.9 Å². The summed E-state index contributed by atoms with van der Waals surface area (Å²) in [6, 6.07) is 14.2. The van der Waals surface area contributed by atoms with Crippen molar-refractivity contribution in [3.63, 3.8) is 0 Å². The minimum atomic E-state index is -0.0116. The van der Waals surface area contributed by atoms with Crippen LogP contribution in [0.2, 0.25) is 0 Å². The highest BCUT2D eigenvalue weighted by Gasteiger charge is 2.19. The van der Waals surface area contributed by atoms with Crippen LogP contribution in [-0.4, -0.2) is 40.2 Å². The van der Waals surface area contributed by atoms with Crippen LogP contribution in [0.4, 0.5) is 0 Å². The van der Waals surface area contributed by atoms with Gasteiger partial charge in [0, 0.05) is 24.2 Å². The largest absolute Gasteiger partial charge is 0.493 e. The second kappa shape index (κ2) is 10.8. The van der Waals surface area contributed by atoms with Crippen molar-refractivity contribution < 1.29 is 19.0 Å². The maximum absolute atomic E-state index is 12.1. The van der Waals surface area contributed by atoms with E-state index in [4.69, 9.17) is 14.2 Å². The van der Waals surface area contributed by atoms with Crippen molar-refractivity contribution in [3.8, 4) is 17.2 Å². The number of hydrogen-bond donors (Lipinski definition) is 1. The quantitative estimate of drug-likeness (QED) is 0.716. The Kier molecular flexibility index (Phi) is 8.46. The third-order valence-corrected chi connectivity index (χ3v) is 4.93. The van der Waals surface area contributed by atoms with E-state index in [-0.39, 0.29) is 5.78 Å². The van der Waals surface area contributed by atoms with E-state index in [1.807, 2.05) is 6.08 Å². The number of rotatable bonds is 4. The van der Waals surface area contributed by atoms with Crippen LogP contribution in [-0.2, 0) is 10.2 Å². The van der Waals surface area contributed by atoms with Gasteiger partial charge in [0.25, 0.3) is 0 Å². The highest BCUT2D eigenvalue weighted by Crippen LogP contribution is 2.38. The first-order valence-corrected chi connectivity index (χ1v) is 10.2. The maximum atomic E-state index is 12.1. The van der Waals surface area contributed by atoms with Crippen LogP contribution in [0.25, 0.3) is 6.08 Å². The zero-order valence-corrected chi connectivity index (χ0v) is 19.4. The first-order chi connectivity index (χ1) is 14.7. The van der Waals surface area contributed by atoms with E-state index in [1.54, 1.807) is 33.5 Å². The molecule has 0 atom stereocenters. The molecule has 3 rings (SSSR count). The zero-order valence-electron chi connectivity index (χ0n) is 19.4. The highest BCUT2D eigenvalue weighted by molar-refractivity contribution is 6.12. The number of Topliss-reactive ketones (excluding diaryl/α,β-unsaturated/α-hetero) is 1. The van der Waals surface area contributed by atoms with E-state index in [0.29, 0.717) is 46.9 Å². The fourth-order valence-electron chi connectivity index (χ4n) is 3.18. The monoisotopic (exact) mass is 423 g/mol. The van der Waals surface area contributed by atoms with Gasteiger partial charge in [-0.1, -0.05) is 57.7 Å². The fraction of sp³-hybridized carbons (Fsp3) is 0.346. The van der Waals surface area contributed by atoms with Crippen molar-refractivity contribution in [2.45, 2.75) is 26.2 Å². The van der Waals surface area contributed by atoms with Crippen molar-refractivity contribution in [1.82, 2.24) is 5.32 Å². The molecular formula is C26H33NO4. The minimum absolute atomic E-state index is 0.0116. The molecule has 1 aliphatic rings. The summed E-state index contributed by atoms with van der Waals surface area (Å²) in [4.78, 5) is 12.1. The molecule has 0 amide bonds. The summed E-state index contributed by atoms with van der Waals surface area (Å²) in [5.41, 5.74) is 3.74. The van der Waals surface area contributed by atoms with E-state index in [9.17, 15) is 4.79 Å². The summed E-state index contributed by atoms with van der Waals surface area (Å²) in [6.45, 7) is 11.5. The van der Waals surface area contributed by atoms with Gasteiger partial charge in [0.1, 0.15) is 0 Å². The van der Waals surface area contributed by atoms with Crippen molar-refractivity contribution in [2.75, 3.05) is 34.4 Å². The Bertz CT molecular complexity index is 915. The maximum Gasteiger partial charge on any atom is 0.203 e. The highest BCUT2D eigenvalue weighted by atomic mass is 16.5. The van der Waals surface area contributed by atoms with Crippen LogP contribution in [0, 0.1) is 0 Å². The molecule has 31 heavy (non-hydrogen) atoms. The van der Waals surface area contributed by atoms with Crippen molar-refractivity contribution in [2.24, 2.45) is 0 Å². The average Bonchev–Trinajstić information content (AvgIpc) is 2.76.